The highest BCUT2D eigenvalue weighted by Gasteiger charge is 2.04. The van der Waals surface area contributed by atoms with Crippen molar-refractivity contribution in [3.05, 3.63) is 59.7 Å². The molecule has 1 heterocycles. The van der Waals surface area contributed by atoms with Crippen molar-refractivity contribution >= 4 is 11.6 Å². The van der Waals surface area contributed by atoms with Crippen LogP contribution in [-0.4, -0.2) is 10.9 Å². The Hall–Kier alpha value is -2.43. The highest BCUT2D eigenvalue weighted by atomic mass is 19.1. The smallest absolute Gasteiger partial charge is 0.267 e. The lowest BCUT2D eigenvalue weighted by molar-refractivity contribution is 0.0995. The summed E-state index contributed by atoms with van der Waals surface area (Å²) < 4.78 is 13.4. The standard InChI is InChI=1S/C13H12FN3O/c14-11-4-2-1-3-9(11)8-17-10-5-6-16-12(7-10)13(15)18/h1-7H,8H2,(H2,15,18)(H,16,17). The van der Waals surface area contributed by atoms with Gasteiger partial charge in [0, 0.05) is 24.0 Å². The normalized spacial score (nSPS) is 10.1. The quantitative estimate of drug-likeness (QED) is 0.864. The van der Waals surface area contributed by atoms with Crippen LogP contribution in [0.4, 0.5) is 10.1 Å². The molecule has 92 valence electrons. The van der Waals surface area contributed by atoms with E-state index in [1.165, 1.54) is 18.3 Å². The third kappa shape index (κ3) is 2.82. The van der Waals surface area contributed by atoms with Crippen LogP contribution in [0.25, 0.3) is 0 Å². The number of nitrogens with one attached hydrogen (secondary N) is 1. The van der Waals surface area contributed by atoms with Crippen molar-refractivity contribution in [2.75, 3.05) is 5.32 Å². The zero-order valence-corrected chi connectivity index (χ0v) is 9.56. The van der Waals surface area contributed by atoms with Crippen LogP contribution in [0.15, 0.2) is 42.6 Å². The highest BCUT2D eigenvalue weighted by molar-refractivity contribution is 5.91. The first-order valence-electron chi connectivity index (χ1n) is 5.40. The lowest BCUT2D eigenvalue weighted by Gasteiger charge is -2.07. The lowest BCUT2D eigenvalue weighted by Crippen LogP contribution is -2.13. The second-order valence-corrected chi connectivity index (χ2v) is 3.74. The topological polar surface area (TPSA) is 68.0 Å². The van der Waals surface area contributed by atoms with E-state index in [0.717, 1.165) is 0 Å². The molecule has 0 spiro atoms. The molecule has 0 saturated carbocycles. The number of hydrogen-bond acceptors (Lipinski definition) is 3. The van der Waals surface area contributed by atoms with E-state index >= 15 is 0 Å². The predicted molar refractivity (Wildman–Crippen MR) is 66.5 cm³/mol. The fourth-order valence-electron chi connectivity index (χ4n) is 1.51. The van der Waals surface area contributed by atoms with Gasteiger partial charge in [0.2, 0.25) is 0 Å². The molecule has 1 aromatic carbocycles. The summed E-state index contributed by atoms with van der Waals surface area (Å²) in [7, 11) is 0. The molecule has 3 N–H and O–H groups in total. The minimum absolute atomic E-state index is 0.175. The molecule has 1 amide bonds. The molecule has 18 heavy (non-hydrogen) atoms. The molecule has 0 bridgehead atoms. The Labute approximate surface area is 104 Å². The van der Waals surface area contributed by atoms with Crippen LogP contribution in [0.5, 0.6) is 0 Å². The predicted octanol–water partition coefficient (Wildman–Crippen LogP) is 1.93. The van der Waals surface area contributed by atoms with Gasteiger partial charge in [0.15, 0.2) is 0 Å². The number of amides is 1. The summed E-state index contributed by atoms with van der Waals surface area (Å²) in [6.07, 6.45) is 1.48. The first-order chi connectivity index (χ1) is 8.66. The monoisotopic (exact) mass is 245 g/mol. The van der Waals surface area contributed by atoms with Gasteiger partial charge >= 0.3 is 0 Å². The van der Waals surface area contributed by atoms with E-state index < -0.39 is 5.91 Å². The van der Waals surface area contributed by atoms with E-state index in [1.807, 2.05) is 0 Å². The summed E-state index contributed by atoms with van der Waals surface area (Å²) in [4.78, 5) is 14.8. The molecule has 0 aliphatic carbocycles. The summed E-state index contributed by atoms with van der Waals surface area (Å²) >= 11 is 0. The third-order valence-electron chi connectivity index (χ3n) is 2.45. The maximum absolute atomic E-state index is 13.4. The van der Waals surface area contributed by atoms with Crippen LogP contribution in [-0.2, 0) is 6.54 Å². The summed E-state index contributed by atoms with van der Waals surface area (Å²) in [6.45, 7) is 0.328. The lowest BCUT2D eigenvalue weighted by atomic mass is 10.2. The molecule has 0 saturated heterocycles. The van der Waals surface area contributed by atoms with Gasteiger partial charge in [0.1, 0.15) is 11.5 Å². The Morgan fingerprint density at radius 2 is 2.11 bits per heavy atom. The number of hydrogen-bond donors (Lipinski definition) is 2. The molecule has 5 heteroatoms. The number of nitrogens with two attached hydrogens (primary N) is 1. The maximum Gasteiger partial charge on any atom is 0.267 e. The average molecular weight is 245 g/mol. The van der Waals surface area contributed by atoms with Crippen LogP contribution in [0, 0.1) is 5.82 Å². The maximum atomic E-state index is 13.4. The average Bonchev–Trinajstić information content (AvgIpc) is 2.38. The molecule has 0 aliphatic rings. The fraction of sp³-hybridized carbons (Fsp3) is 0.0769. The number of primary amides is 1. The van der Waals surface area contributed by atoms with Crippen molar-refractivity contribution in [1.82, 2.24) is 4.98 Å². The second-order valence-electron chi connectivity index (χ2n) is 3.74. The van der Waals surface area contributed by atoms with Gasteiger partial charge in [-0.3, -0.25) is 9.78 Å². The van der Waals surface area contributed by atoms with Gasteiger partial charge in [0.25, 0.3) is 5.91 Å². The number of aromatic nitrogens is 1. The minimum Gasteiger partial charge on any atom is -0.381 e. The minimum atomic E-state index is -0.593. The van der Waals surface area contributed by atoms with Crippen molar-refractivity contribution < 1.29 is 9.18 Å². The van der Waals surface area contributed by atoms with Crippen molar-refractivity contribution in [2.24, 2.45) is 5.73 Å². The van der Waals surface area contributed by atoms with Crippen LogP contribution < -0.4 is 11.1 Å². The first kappa shape index (κ1) is 12.0. The fourth-order valence-corrected chi connectivity index (χ4v) is 1.51. The Morgan fingerprint density at radius 1 is 1.33 bits per heavy atom. The van der Waals surface area contributed by atoms with Crippen molar-refractivity contribution in [3.8, 4) is 0 Å². The zero-order chi connectivity index (χ0) is 13.0. The number of nitrogens with zero attached hydrogens (tertiary/aromatic N) is 1. The molecule has 2 aromatic rings. The van der Waals surface area contributed by atoms with Crippen LogP contribution in [0.1, 0.15) is 16.1 Å². The van der Waals surface area contributed by atoms with Gasteiger partial charge < -0.3 is 11.1 Å². The molecule has 0 radical (unpaired) electrons. The van der Waals surface area contributed by atoms with Gasteiger partial charge in [-0.2, -0.15) is 0 Å². The molecular weight excluding hydrogens is 233 g/mol. The van der Waals surface area contributed by atoms with Crippen molar-refractivity contribution in [1.29, 1.82) is 0 Å². The van der Waals surface area contributed by atoms with Crippen LogP contribution in [0.2, 0.25) is 0 Å². The molecule has 4 nitrogen and oxygen atoms in total. The molecule has 0 atom stereocenters. The molecule has 0 aliphatic heterocycles. The number of benzene rings is 1. The van der Waals surface area contributed by atoms with Gasteiger partial charge in [0.05, 0.1) is 0 Å². The van der Waals surface area contributed by atoms with E-state index in [9.17, 15) is 9.18 Å². The van der Waals surface area contributed by atoms with E-state index in [-0.39, 0.29) is 11.5 Å². The van der Waals surface area contributed by atoms with Crippen LogP contribution >= 0.6 is 0 Å². The van der Waals surface area contributed by atoms with Crippen molar-refractivity contribution in [2.45, 2.75) is 6.54 Å². The van der Waals surface area contributed by atoms with Gasteiger partial charge in [-0.25, -0.2) is 4.39 Å². The SMILES string of the molecule is NC(=O)c1cc(NCc2ccccc2F)ccn1. The molecule has 1 aromatic heterocycles. The molecule has 2 rings (SSSR count). The number of pyridine rings is 1. The Kier molecular flexibility index (Phi) is 3.52. The van der Waals surface area contributed by atoms with Gasteiger partial charge in [-0.05, 0) is 18.2 Å². The number of rotatable bonds is 4. The second kappa shape index (κ2) is 5.27. The summed E-state index contributed by atoms with van der Waals surface area (Å²) in [5, 5.41) is 3.01. The molecule has 0 fully saturated rings. The van der Waals surface area contributed by atoms with E-state index in [1.54, 1.807) is 24.3 Å². The first-order valence-corrected chi connectivity index (χ1v) is 5.40. The summed E-state index contributed by atoms with van der Waals surface area (Å²) in [6, 6.07) is 9.71. The van der Waals surface area contributed by atoms with E-state index in [2.05, 4.69) is 10.3 Å². The molecular formula is C13H12FN3O. The number of anilines is 1. The van der Waals surface area contributed by atoms with Crippen LogP contribution in [0.3, 0.4) is 0 Å². The summed E-state index contributed by atoms with van der Waals surface area (Å²) in [5.74, 6) is -0.862. The zero-order valence-electron chi connectivity index (χ0n) is 9.56. The molecule has 0 unspecified atom stereocenters. The highest BCUT2D eigenvalue weighted by Crippen LogP contribution is 2.12. The van der Waals surface area contributed by atoms with E-state index in [0.29, 0.717) is 17.8 Å². The largest absolute Gasteiger partial charge is 0.381 e. The number of halogens is 1. The Bertz CT molecular complexity index is 572. The number of carbonyl (C=O) groups is 1. The van der Waals surface area contributed by atoms with E-state index in [4.69, 9.17) is 5.73 Å². The third-order valence-corrected chi connectivity index (χ3v) is 2.45. The summed E-state index contributed by atoms with van der Waals surface area (Å²) in [5.41, 5.74) is 6.52. The van der Waals surface area contributed by atoms with Gasteiger partial charge in [-0.1, -0.05) is 18.2 Å². The Balaban J connectivity index is 2.09. The number of carbonyl (C=O) groups excluding carboxylic acids is 1. The van der Waals surface area contributed by atoms with Crippen molar-refractivity contribution in [3.63, 3.8) is 0 Å². The Morgan fingerprint density at radius 3 is 2.83 bits per heavy atom. The van der Waals surface area contributed by atoms with Gasteiger partial charge in [-0.15, -0.1) is 0 Å².